The Balaban J connectivity index is 1.63. The van der Waals surface area contributed by atoms with Crippen LogP contribution >= 0.6 is 0 Å². The number of carbonyl (C=O) groups is 1. The van der Waals surface area contributed by atoms with Crippen molar-refractivity contribution in [2.24, 2.45) is 0 Å². The Kier molecular flexibility index (Phi) is 8.67. The van der Waals surface area contributed by atoms with Gasteiger partial charge in [-0.05, 0) is 24.3 Å². The van der Waals surface area contributed by atoms with Crippen molar-refractivity contribution in [2.75, 3.05) is 6.61 Å². The smallest absolute Gasteiger partial charge is 0.335 e. The highest BCUT2D eigenvalue weighted by Crippen LogP contribution is 2.45. The summed E-state index contributed by atoms with van der Waals surface area (Å²) in [6, 6.07) is 7.47. The fourth-order valence-corrected chi connectivity index (χ4v) is 4.79. The summed E-state index contributed by atoms with van der Waals surface area (Å²) in [7, 11) is 0. The molecule has 238 valence electrons. The monoisotopic (exact) mass is 624 g/mol. The third-order valence-corrected chi connectivity index (χ3v) is 7.20. The second-order valence-electron chi connectivity index (χ2n) is 10.1. The van der Waals surface area contributed by atoms with Gasteiger partial charge in [-0.2, -0.15) is 0 Å². The normalized spacial score (nSPS) is 32.3. The molecule has 2 aliphatic heterocycles. The van der Waals surface area contributed by atoms with Crippen LogP contribution in [0.5, 0.6) is 23.0 Å². The predicted molar refractivity (Wildman–Crippen MR) is 141 cm³/mol. The van der Waals surface area contributed by atoms with E-state index in [1.165, 1.54) is 24.3 Å². The molecule has 0 unspecified atom stereocenters. The van der Waals surface area contributed by atoms with Gasteiger partial charge in [0.2, 0.25) is 18.3 Å². The highest BCUT2D eigenvalue weighted by molar-refractivity contribution is 5.89. The summed E-state index contributed by atoms with van der Waals surface area (Å²) in [5.41, 5.74) is -0.844. The van der Waals surface area contributed by atoms with Gasteiger partial charge in [0.25, 0.3) is 0 Å². The molecule has 2 aromatic carbocycles. The second-order valence-corrected chi connectivity index (χ2v) is 10.1. The lowest BCUT2D eigenvalue weighted by molar-refractivity contribution is -0.280. The number of aliphatic hydroxyl groups is 7. The number of aromatic hydroxyl groups is 2. The molecule has 0 bridgehead atoms. The Labute approximate surface area is 245 Å². The average Bonchev–Trinajstić information content (AvgIpc) is 2.99. The lowest BCUT2D eigenvalue weighted by Crippen LogP contribution is -2.61. The highest BCUT2D eigenvalue weighted by Gasteiger charge is 2.49. The summed E-state index contributed by atoms with van der Waals surface area (Å²) in [4.78, 5) is 24.8. The zero-order valence-electron chi connectivity index (χ0n) is 22.3. The van der Waals surface area contributed by atoms with Crippen LogP contribution in [-0.4, -0.2) is 125 Å². The molecule has 2 aliphatic rings. The van der Waals surface area contributed by atoms with Crippen molar-refractivity contribution in [3.05, 3.63) is 46.6 Å². The first-order valence-corrected chi connectivity index (χ1v) is 13.0. The van der Waals surface area contributed by atoms with E-state index in [-0.39, 0.29) is 17.1 Å². The lowest BCUT2D eigenvalue weighted by Gasteiger charge is -2.40. The molecule has 2 fully saturated rings. The van der Waals surface area contributed by atoms with Crippen LogP contribution in [0.2, 0.25) is 0 Å². The first kappa shape index (κ1) is 31.4. The number of hydrogen-bond acceptors (Lipinski definition) is 16. The fourth-order valence-electron chi connectivity index (χ4n) is 4.79. The molecule has 10 atom stereocenters. The van der Waals surface area contributed by atoms with Gasteiger partial charge in [-0.15, -0.1) is 0 Å². The van der Waals surface area contributed by atoms with E-state index < -0.39 is 102 Å². The SMILES string of the molecule is O=C(O)[C@H]1O[C@H](Oc2cc3oc(-c4ccc(O)cc4)cc(=O)c3c(O)c2O[C@@H]2O[C@H](CO)[C@@H](O)[C@H](O)[C@H]2O)[C@H](O)[C@@H](O)[C@@H]1O. The van der Waals surface area contributed by atoms with Gasteiger partial charge in [0.15, 0.2) is 23.0 Å². The zero-order chi connectivity index (χ0) is 32.0. The molecule has 0 spiro atoms. The first-order chi connectivity index (χ1) is 20.8. The highest BCUT2D eigenvalue weighted by atomic mass is 16.7. The van der Waals surface area contributed by atoms with Crippen molar-refractivity contribution in [1.29, 1.82) is 0 Å². The van der Waals surface area contributed by atoms with Crippen molar-refractivity contribution in [2.45, 2.75) is 61.4 Å². The maximum absolute atomic E-state index is 13.2. The molecule has 44 heavy (non-hydrogen) atoms. The molecule has 1 aromatic heterocycles. The van der Waals surface area contributed by atoms with E-state index in [1.807, 2.05) is 0 Å². The predicted octanol–water partition coefficient (Wildman–Crippen LogP) is -2.68. The van der Waals surface area contributed by atoms with Crippen LogP contribution in [0.4, 0.5) is 0 Å². The molecule has 0 amide bonds. The molecular formula is C27H28O17. The molecule has 3 heterocycles. The number of rotatable bonds is 7. The Hall–Kier alpha value is -4.04. The number of benzene rings is 2. The number of aliphatic carboxylic acids is 1. The standard InChI is InChI=1S/C27H28O17/c28-7-14-16(31)18(33)21(36)27(42-14)43-23-13(41-26-22(37)19(34)20(35)24(44-26)25(38)39)6-12-15(17(23)32)10(30)5-11(40-12)8-1-3-9(29)4-2-8/h1-6,14,16,18-22,24,26-29,31-37H,7H2,(H,38,39)/t14-,16-,18+,19+,20+,21-,22-,24+,26+,27+/m1/s1. The molecule has 3 aromatic rings. The second kappa shape index (κ2) is 12.2. The van der Waals surface area contributed by atoms with Crippen molar-refractivity contribution in [3.63, 3.8) is 0 Å². The van der Waals surface area contributed by atoms with Crippen molar-refractivity contribution in [1.82, 2.24) is 0 Å². The Bertz CT molecular complexity index is 1570. The Morgan fingerprint density at radius 2 is 1.41 bits per heavy atom. The topological polar surface area (TPSA) is 286 Å². The van der Waals surface area contributed by atoms with E-state index >= 15 is 0 Å². The third kappa shape index (κ3) is 5.63. The minimum atomic E-state index is -2.09. The number of carboxylic acid groups (broad SMARTS) is 1. The molecule has 2 saturated heterocycles. The van der Waals surface area contributed by atoms with E-state index in [1.54, 1.807) is 0 Å². The first-order valence-electron chi connectivity index (χ1n) is 13.0. The summed E-state index contributed by atoms with van der Waals surface area (Å²) in [5.74, 6) is -4.25. The molecule has 17 heteroatoms. The van der Waals surface area contributed by atoms with Crippen LogP contribution in [0.15, 0.2) is 45.6 Å². The summed E-state index contributed by atoms with van der Waals surface area (Å²) >= 11 is 0. The maximum Gasteiger partial charge on any atom is 0.335 e. The number of phenolic OH excluding ortho intramolecular Hbond substituents is 2. The number of aliphatic hydroxyl groups excluding tert-OH is 7. The molecular weight excluding hydrogens is 596 g/mol. The van der Waals surface area contributed by atoms with Crippen molar-refractivity contribution >= 4 is 16.9 Å². The van der Waals surface area contributed by atoms with E-state index in [0.717, 1.165) is 12.1 Å². The molecule has 0 radical (unpaired) electrons. The van der Waals surface area contributed by atoms with Crippen LogP contribution in [0.25, 0.3) is 22.3 Å². The number of phenols is 2. The molecule has 5 rings (SSSR count). The van der Waals surface area contributed by atoms with Crippen LogP contribution in [0.3, 0.4) is 0 Å². The third-order valence-electron chi connectivity index (χ3n) is 7.20. The quantitative estimate of drug-likeness (QED) is 0.128. The van der Waals surface area contributed by atoms with E-state index in [9.17, 15) is 60.7 Å². The Morgan fingerprint density at radius 1 is 0.795 bits per heavy atom. The summed E-state index contributed by atoms with van der Waals surface area (Å²) in [6.07, 6.45) is -19.4. The molecule has 0 saturated carbocycles. The summed E-state index contributed by atoms with van der Waals surface area (Å²) in [6.45, 7) is -0.833. The van der Waals surface area contributed by atoms with Crippen LogP contribution in [0, 0.1) is 0 Å². The number of hydrogen-bond donors (Lipinski definition) is 10. The number of carboxylic acids is 1. The van der Waals surface area contributed by atoms with Gasteiger partial charge >= 0.3 is 5.97 Å². The van der Waals surface area contributed by atoms with Gasteiger partial charge in [0, 0.05) is 17.7 Å². The van der Waals surface area contributed by atoms with Crippen LogP contribution in [0.1, 0.15) is 0 Å². The van der Waals surface area contributed by atoms with E-state index in [2.05, 4.69) is 0 Å². The van der Waals surface area contributed by atoms with Crippen molar-refractivity contribution < 1.29 is 79.2 Å². The summed E-state index contributed by atoms with van der Waals surface area (Å²) < 4.78 is 27.4. The van der Waals surface area contributed by atoms with Crippen LogP contribution in [-0.2, 0) is 14.3 Å². The van der Waals surface area contributed by atoms with Gasteiger partial charge in [-0.1, -0.05) is 0 Å². The molecule has 0 aliphatic carbocycles. The van der Waals surface area contributed by atoms with E-state index in [4.69, 9.17) is 23.4 Å². The number of fused-ring (bicyclic) bond motifs is 1. The largest absolute Gasteiger partial charge is 0.508 e. The zero-order valence-corrected chi connectivity index (χ0v) is 22.3. The van der Waals surface area contributed by atoms with Crippen molar-refractivity contribution in [3.8, 4) is 34.3 Å². The maximum atomic E-state index is 13.2. The Morgan fingerprint density at radius 3 is 2.02 bits per heavy atom. The lowest BCUT2D eigenvalue weighted by atomic mass is 9.99. The fraction of sp³-hybridized carbons (Fsp3) is 0.407. The van der Waals surface area contributed by atoms with Gasteiger partial charge in [-0.25, -0.2) is 4.79 Å². The minimum Gasteiger partial charge on any atom is -0.508 e. The summed E-state index contributed by atoms with van der Waals surface area (Å²) in [5, 5.41) is 101. The molecule has 17 nitrogen and oxygen atoms in total. The minimum absolute atomic E-state index is 0.0334. The van der Waals surface area contributed by atoms with Gasteiger partial charge in [0.05, 0.1) is 6.61 Å². The van der Waals surface area contributed by atoms with E-state index in [0.29, 0.717) is 5.56 Å². The average molecular weight is 625 g/mol. The molecule has 10 N–H and O–H groups in total. The van der Waals surface area contributed by atoms with Gasteiger partial charge in [-0.3, -0.25) is 4.79 Å². The van der Waals surface area contributed by atoms with Gasteiger partial charge in [0.1, 0.15) is 65.2 Å². The van der Waals surface area contributed by atoms with Gasteiger partial charge < -0.3 is 74.4 Å². The number of ether oxygens (including phenoxy) is 4. The van der Waals surface area contributed by atoms with Crippen LogP contribution < -0.4 is 14.9 Å².